The maximum atomic E-state index is 1.52. The van der Waals surface area contributed by atoms with Crippen molar-refractivity contribution < 1.29 is 47.9 Å². The Morgan fingerprint density at radius 2 is 1.25 bits per heavy atom. The molecule has 18 valence electrons. The van der Waals surface area contributed by atoms with Gasteiger partial charge in [-0.05, 0) is 0 Å². The monoisotopic (exact) mass is 468 g/mol. The fraction of sp³-hybridized carbons (Fsp3) is 0. The third-order valence-electron chi connectivity index (χ3n) is 0. The SMILES string of the molecule is [SnH][PbH].[Ti].[Zr]. The Hall–Kier alpha value is 3.32. The number of hydrogen-bond donors (Lipinski definition) is 0. The van der Waals surface area contributed by atoms with Gasteiger partial charge in [0.1, 0.15) is 0 Å². The van der Waals surface area contributed by atoms with Gasteiger partial charge < -0.3 is 0 Å². The molecule has 0 bridgehead atoms. The van der Waals surface area contributed by atoms with E-state index in [0.29, 0.717) is 0 Å². The molecule has 0 unspecified atom stereocenters. The largest absolute Gasteiger partial charge is 0 e. The van der Waals surface area contributed by atoms with Crippen molar-refractivity contribution in [3.05, 3.63) is 0 Å². The summed E-state index contributed by atoms with van der Waals surface area (Å²) in [4.78, 5) is 0. The van der Waals surface area contributed by atoms with Crippen LogP contribution in [0, 0.1) is 0 Å². The zero-order valence-corrected chi connectivity index (χ0v) is 14.0. The van der Waals surface area contributed by atoms with Crippen LogP contribution in [0.2, 0.25) is 0 Å². The van der Waals surface area contributed by atoms with Gasteiger partial charge in [0.25, 0.3) is 0 Å². The van der Waals surface area contributed by atoms with Crippen molar-refractivity contribution in [2.75, 3.05) is 0 Å². The summed E-state index contributed by atoms with van der Waals surface area (Å²) in [6, 6.07) is 0. The van der Waals surface area contributed by atoms with E-state index in [2.05, 4.69) is 0 Å². The first-order chi connectivity index (χ1) is 1.00. The molecule has 0 saturated carbocycles. The van der Waals surface area contributed by atoms with E-state index in [1.165, 1.54) is 39.2 Å². The zero-order valence-electron chi connectivity index (χ0n) is 2.15. The average Bonchev–Trinajstić information content (AvgIpc) is 1.00. The first-order valence-electron chi connectivity index (χ1n) is 0.333. The van der Waals surface area contributed by atoms with E-state index in [0.717, 1.165) is 0 Å². The molecule has 0 rings (SSSR count). The van der Waals surface area contributed by atoms with Crippen LogP contribution in [0.4, 0.5) is 0 Å². The molecule has 0 nitrogen and oxygen atoms in total. The molecule has 4 radical (unpaired) electrons. The van der Waals surface area contributed by atoms with Crippen LogP contribution < -0.4 is 0 Å². The molecule has 0 aromatic carbocycles. The first-order valence-corrected chi connectivity index (χ1v) is 19.6. The minimum absolute atomic E-state index is 0. The molecule has 0 aliphatic rings. The second-order valence-corrected chi connectivity index (χ2v) is 0. The van der Waals surface area contributed by atoms with E-state index >= 15 is 0 Å². The molecule has 0 amide bonds. The Kier molecular flexibility index (Phi) is 63.6. The van der Waals surface area contributed by atoms with Gasteiger partial charge in [0, 0.05) is 47.9 Å². The van der Waals surface area contributed by atoms with Crippen LogP contribution in [0.5, 0.6) is 0 Å². The Bertz CT molecular complexity index is 8.00. The molecule has 0 N–H and O–H groups in total. The van der Waals surface area contributed by atoms with Crippen LogP contribution >= 0.6 is 0 Å². The van der Waals surface area contributed by atoms with Crippen LogP contribution in [0.25, 0.3) is 0 Å². The van der Waals surface area contributed by atoms with Gasteiger partial charge in [-0.1, -0.05) is 0 Å². The molecule has 0 heterocycles. The molecule has 0 aliphatic carbocycles. The summed E-state index contributed by atoms with van der Waals surface area (Å²) in [5.41, 5.74) is 0. The standard InChI is InChI=1S/Pb.Sn.Ti.Zr.2H. The molecule has 0 fully saturated rings. The van der Waals surface area contributed by atoms with Crippen molar-refractivity contribution in [2.45, 2.75) is 0 Å². The maximum absolute atomic E-state index is 1.52. The second-order valence-electron chi connectivity index (χ2n) is 0. The molecule has 4 heteroatoms. The van der Waals surface area contributed by atoms with Gasteiger partial charge in [0.2, 0.25) is 0 Å². The molecule has 0 saturated heterocycles. The smallest absolute Gasteiger partial charge is 0 e. The van der Waals surface area contributed by atoms with Crippen LogP contribution in [0.3, 0.4) is 0 Å². The van der Waals surface area contributed by atoms with E-state index in [9.17, 15) is 0 Å². The third-order valence-corrected chi connectivity index (χ3v) is 0. The number of hydrogen-bond acceptors (Lipinski definition) is 0. The summed E-state index contributed by atoms with van der Waals surface area (Å²) < 4.78 is 0. The first kappa shape index (κ1) is 15.7. The van der Waals surface area contributed by atoms with Gasteiger partial charge in [-0.2, -0.15) is 0 Å². The van der Waals surface area contributed by atoms with Crippen molar-refractivity contribution in [1.82, 2.24) is 0 Å². The van der Waals surface area contributed by atoms with Crippen LogP contribution in [-0.2, 0) is 47.9 Å². The van der Waals surface area contributed by atoms with Crippen molar-refractivity contribution >= 4 is 39.2 Å². The summed E-state index contributed by atoms with van der Waals surface area (Å²) in [6.07, 6.45) is 0. The van der Waals surface area contributed by atoms with E-state index in [4.69, 9.17) is 0 Å². The maximum Gasteiger partial charge on any atom is 0 e. The zero-order chi connectivity index (χ0) is 2.00. The van der Waals surface area contributed by atoms with Crippen molar-refractivity contribution in [3.8, 4) is 0 Å². The normalized spacial score (nSPS) is 1.50. The predicted molar refractivity (Wildman–Crippen MR) is 14.3 cm³/mol. The van der Waals surface area contributed by atoms with Crippen LogP contribution in [0.15, 0.2) is 0 Å². The molecule has 0 aromatic heterocycles. The summed E-state index contributed by atoms with van der Waals surface area (Å²) in [5, 5.41) is 0. The number of rotatable bonds is 0. The molecule has 4 heavy (non-hydrogen) atoms. The van der Waals surface area contributed by atoms with Gasteiger partial charge in [0.05, 0.1) is 0 Å². The topological polar surface area (TPSA) is 0 Å². The van der Waals surface area contributed by atoms with Crippen molar-refractivity contribution in [3.63, 3.8) is 0 Å². The quantitative estimate of drug-likeness (QED) is 0.389. The summed E-state index contributed by atoms with van der Waals surface area (Å²) >= 11 is 2.81. The van der Waals surface area contributed by atoms with Gasteiger partial charge in [-0.3, -0.25) is 0 Å². The van der Waals surface area contributed by atoms with E-state index in [1.54, 1.807) is 0 Å². The molecule has 0 spiro atoms. The van der Waals surface area contributed by atoms with Crippen molar-refractivity contribution in [2.24, 2.45) is 0 Å². The van der Waals surface area contributed by atoms with Crippen LogP contribution in [0.1, 0.15) is 0 Å². The van der Waals surface area contributed by atoms with Gasteiger partial charge >= 0.3 is 39.2 Å². The predicted octanol–water partition coefficient (Wildman–Crippen LogP) is -1.30. The molecule has 0 atom stereocenters. The fourth-order valence-corrected chi connectivity index (χ4v) is 0. The Morgan fingerprint density at radius 1 is 1.25 bits per heavy atom. The molecule has 0 aromatic rings. The molecule has 0 aliphatic heterocycles. The Labute approximate surface area is 85.0 Å². The van der Waals surface area contributed by atoms with Gasteiger partial charge in [-0.15, -0.1) is 0 Å². The van der Waals surface area contributed by atoms with Crippen molar-refractivity contribution in [1.29, 1.82) is 0 Å². The third kappa shape index (κ3) is 9.01. The minimum Gasteiger partial charge on any atom is 0 e. The Balaban J connectivity index is -0.00000000500. The average molecular weight is 467 g/mol. The van der Waals surface area contributed by atoms with E-state index in [-0.39, 0.29) is 47.9 Å². The fourth-order valence-electron chi connectivity index (χ4n) is 0. The van der Waals surface area contributed by atoms with Gasteiger partial charge in [0.15, 0.2) is 0 Å². The van der Waals surface area contributed by atoms with E-state index in [1.807, 2.05) is 0 Å². The van der Waals surface area contributed by atoms with Crippen LogP contribution in [-0.4, -0.2) is 39.2 Å². The van der Waals surface area contributed by atoms with Gasteiger partial charge in [-0.25, -0.2) is 0 Å². The second kappa shape index (κ2) is 16.2. The summed E-state index contributed by atoms with van der Waals surface area (Å²) in [5.74, 6) is 0. The molecular weight excluding hydrogens is 465 g/mol. The summed E-state index contributed by atoms with van der Waals surface area (Å²) in [7, 11) is 0. The van der Waals surface area contributed by atoms with E-state index < -0.39 is 0 Å². The minimum atomic E-state index is 0. The Morgan fingerprint density at radius 3 is 1.25 bits per heavy atom. The summed E-state index contributed by atoms with van der Waals surface area (Å²) in [6.45, 7) is 0. The molecular formula is H2PbSnTiZr.